The Morgan fingerprint density at radius 1 is 1.15 bits per heavy atom. The average molecular weight is 464 g/mol. The maximum Gasteiger partial charge on any atom is 0.416 e. The molecule has 0 aliphatic carbocycles. The maximum absolute atomic E-state index is 12.8. The summed E-state index contributed by atoms with van der Waals surface area (Å²) in [5.41, 5.74) is -0.313. The Kier molecular flexibility index (Phi) is 8.32. The van der Waals surface area contributed by atoms with Crippen LogP contribution in [0, 0.1) is 0 Å². The van der Waals surface area contributed by atoms with E-state index in [9.17, 15) is 22.8 Å². The second-order valence-corrected chi connectivity index (χ2v) is 7.83. The van der Waals surface area contributed by atoms with Crippen molar-refractivity contribution in [1.82, 2.24) is 4.90 Å². The molecule has 1 heterocycles. The Balaban J connectivity index is 1.50. The molecule has 0 spiro atoms. The summed E-state index contributed by atoms with van der Waals surface area (Å²) in [4.78, 5) is 26.6. The smallest absolute Gasteiger partial charge is 0.416 e. The molecule has 0 saturated carbocycles. The number of rotatable bonds is 8. The largest absolute Gasteiger partial charge is 0.484 e. The van der Waals surface area contributed by atoms with E-state index < -0.39 is 17.6 Å². The first-order chi connectivity index (χ1) is 15.8. The fraction of sp³-hybridized carbons (Fsp3) is 0.417. The average Bonchev–Trinajstić information content (AvgIpc) is 2.81. The van der Waals surface area contributed by atoms with Gasteiger partial charge >= 0.3 is 6.18 Å². The highest BCUT2D eigenvalue weighted by Gasteiger charge is 2.30. The van der Waals surface area contributed by atoms with Crippen molar-refractivity contribution < 1.29 is 32.2 Å². The van der Waals surface area contributed by atoms with E-state index >= 15 is 0 Å². The molecule has 3 rings (SSSR count). The highest BCUT2D eigenvalue weighted by molar-refractivity contribution is 5.94. The van der Waals surface area contributed by atoms with Gasteiger partial charge in [0.25, 0.3) is 11.8 Å². The van der Waals surface area contributed by atoms with Gasteiger partial charge in [-0.2, -0.15) is 13.2 Å². The number of anilines is 1. The number of carbonyl (C=O) groups is 2. The van der Waals surface area contributed by atoms with E-state index in [1.165, 1.54) is 12.1 Å². The van der Waals surface area contributed by atoms with Gasteiger partial charge in [-0.25, -0.2) is 0 Å². The van der Waals surface area contributed by atoms with E-state index in [0.29, 0.717) is 31.0 Å². The molecule has 0 radical (unpaired) electrons. The molecule has 1 aliphatic heterocycles. The summed E-state index contributed by atoms with van der Waals surface area (Å²) in [5.74, 6) is -0.317. The van der Waals surface area contributed by atoms with Crippen LogP contribution in [0.15, 0.2) is 48.5 Å². The summed E-state index contributed by atoms with van der Waals surface area (Å²) in [6, 6.07) is 10.8. The zero-order chi connectivity index (χ0) is 23.8. The minimum atomic E-state index is -4.49. The first-order valence-corrected chi connectivity index (χ1v) is 10.9. The van der Waals surface area contributed by atoms with Crippen molar-refractivity contribution in [1.29, 1.82) is 0 Å². The summed E-state index contributed by atoms with van der Waals surface area (Å²) in [5, 5.41) is 2.38. The van der Waals surface area contributed by atoms with Gasteiger partial charge in [0.15, 0.2) is 6.61 Å². The lowest BCUT2D eigenvalue weighted by Crippen LogP contribution is -2.43. The molecule has 178 valence electrons. The molecule has 2 aromatic rings. The molecule has 2 amide bonds. The summed E-state index contributed by atoms with van der Waals surface area (Å²) in [7, 11) is 0. The molecule has 2 aromatic carbocycles. The number of ether oxygens (including phenoxy) is 2. The van der Waals surface area contributed by atoms with Crippen LogP contribution in [0.2, 0.25) is 0 Å². The van der Waals surface area contributed by atoms with Crippen molar-refractivity contribution in [2.75, 3.05) is 31.6 Å². The Morgan fingerprint density at radius 2 is 1.91 bits per heavy atom. The van der Waals surface area contributed by atoms with Crippen LogP contribution in [0.5, 0.6) is 5.75 Å². The van der Waals surface area contributed by atoms with Gasteiger partial charge in [-0.1, -0.05) is 13.0 Å². The van der Waals surface area contributed by atoms with Crippen LogP contribution in [-0.2, 0) is 15.7 Å². The van der Waals surface area contributed by atoms with Crippen LogP contribution in [0.1, 0.15) is 42.1 Å². The third-order valence-electron chi connectivity index (χ3n) is 5.17. The van der Waals surface area contributed by atoms with E-state index in [1.807, 2.05) is 6.92 Å². The standard InChI is InChI=1S/C24H27F3N2O4/c1-2-13-32-21-7-4-12-29(15-21)23(31)17-8-10-20(11-9-17)33-16-22(30)28-19-6-3-5-18(14-19)24(25,26)27/h3,5-6,8-11,14,21H,2,4,7,12-13,15-16H2,1H3,(H,28,30). The summed E-state index contributed by atoms with van der Waals surface area (Å²) < 4.78 is 49.5. The second-order valence-electron chi connectivity index (χ2n) is 7.83. The monoisotopic (exact) mass is 464 g/mol. The molecule has 0 bridgehead atoms. The van der Waals surface area contributed by atoms with Crippen LogP contribution in [0.25, 0.3) is 0 Å². The van der Waals surface area contributed by atoms with E-state index in [4.69, 9.17) is 9.47 Å². The Hall–Kier alpha value is -3.07. The molecule has 6 nitrogen and oxygen atoms in total. The second kappa shape index (κ2) is 11.2. The SMILES string of the molecule is CCCOC1CCCN(C(=O)c2ccc(OCC(=O)Nc3cccc(C(F)(F)F)c3)cc2)C1. The number of benzene rings is 2. The lowest BCUT2D eigenvalue weighted by atomic mass is 10.1. The molecule has 1 unspecified atom stereocenters. The predicted octanol–water partition coefficient (Wildman–Crippen LogP) is 4.75. The van der Waals surface area contributed by atoms with Crippen molar-refractivity contribution in [2.24, 2.45) is 0 Å². The molecule has 1 N–H and O–H groups in total. The molecule has 1 atom stereocenters. The number of alkyl halides is 3. The van der Waals surface area contributed by atoms with Crippen molar-refractivity contribution in [3.63, 3.8) is 0 Å². The first kappa shape index (κ1) is 24.6. The molecule has 0 aromatic heterocycles. The van der Waals surface area contributed by atoms with Gasteiger partial charge in [-0.05, 0) is 61.7 Å². The Bertz CT molecular complexity index is 947. The van der Waals surface area contributed by atoms with Gasteiger partial charge in [0.1, 0.15) is 5.75 Å². The van der Waals surface area contributed by atoms with Crippen LogP contribution >= 0.6 is 0 Å². The number of halogens is 3. The molecule has 33 heavy (non-hydrogen) atoms. The number of nitrogens with zero attached hydrogens (tertiary/aromatic N) is 1. The summed E-state index contributed by atoms with van der Waals surface area (Å²) >= 11 is 0. The van der Waals surface area contributed by atoms with Gasteiger partial charge in [-0.15, -0.1) is 0 Å². The van der Waals surface area contributed by atoms with Gasteiger partial charge in [0.2, 0.25) is 0 Å². The highest BCUT2D eigenvalue weighted by Crippen LogP contribution is 2.30. The number of likely N-dealkylation sites (tertiary alicyclic amines) is 1. The lowest BCUT2D eigenvalue weighted by Gasteiger charge is -2.32. The quantitative estimate of drug-likeness (QED) is 0.612. The zero-order valence-corrected chi connectivity index (χ0v) is 18.4. The minimum absolute atomic E-state index is 0.0297. The van der Waals surface area contributed by atoms with Crippen molar-refractivity contribution in [3.05, 3.63) is 59.7 Å². The minimum Gasteiger partial charge on any atom is -0.484 e. The van der Waals surface area contributed by atoms with Crippen molar-refractivity contribution >= 4 is 17.5 Å². The van der Waals surface area contributed by atoms with Crippen LogP contribution in [0.4, 0.5) is 18.9 Å². The number of carbonyl (C=O) groups excluding carboxylic acids is 2. The maximum atomic E-state index is 12.8. The van der Waals surface area contributed by atoms with Gasteiger partial charge in [0, 0.05) is 30.9 Å². The molecular weight excluding hydrogens is 437 g/mol. The fourth-order valence-corrected chi connectivity index (χ4v) is 3.54. The van der Waals surface area contributed by atoms with Gasteiger partial charge in [0.05, 0.1) is 11.7 Å². The molecule has 1 fully saturated rings. The zero-order valence-electron chi connectivity index (χ0n) is 18.4. The van der Waals surface area contributed by atoms with Gasteiger partial charge < -0.3 is 19.7 Å². The lowest BCUT2D eigenvalue weighted by molar-refractivity contribution is -0.137. The number of piperidine rings is 1. The summed E-state index contributed by atoms with van der Waals surface area (Å²) in [6.45, 7) is 3.59. The Labute approximate surface area is 190 Å². The number of nitrogens with one attached hydrogen (secondary N) is 1. The molecule has 9 heteroatoms. The molecule has 1 saturated heterocycles. The van der Waals surface area contributed by atoms with Gasteiger partial charge in [-0.3, -0.25) is 9.59 Å². The van der Waals surface area contributed by atoms with Crippen LogP contribution < -0.4 is 10.1 Å². The predicted molar refractivity (Wildman–Crippen MR) is 117 cm³/mol. The van der Waals surface area contributed by atoms with E-state index in [2.05, 4.69) is 5.32 Å². The third kappa shape index (κ3) is 7.21. The highest BCUT2D eigenvalue weighted by atomic mass is 19.4. The van der Waals surface area contributed by atoms with Crippen molar-refractivity contribution in [2.45, 2.75) is 38.5 Å². The van der Waals surface area contributed by atoms with Crippen LogP contribution in [0.3, 0.4) is 0 Å². The number of hydrogen-bond acceptors (Lipinski definition) is 4. The summed E-state index contributed by atoms with van der Waals surface area (Å²) in [6.07, 6.45) is -1.67. The number of hydrogen-bond donors (Lipinski definition) is 1. The fourth-order valence-electron chi connectivity index (χ4n) is 3.54. The first-order valence-electron chi connectivity index (χ1n) is 10.9. The molecule has 1 aliphatic rings. The number of amides is 2. The molecular formula is C24H27F3N2O4. The van der Waals surface area contributed by atoms with Crippen molar-refractivity contribution in [3.8, 4) is 5.75 Å². The van der Waals surface area contributed by atoms with Crippen LogP contribution in [-0.4, -0.2) is 49.1 Å². The normalized spacial score (nSPS) is 16.4. The van der Waals surface area contributed by atoms with E-state index in [0.717, 1.165) is 31.4 Å². The Morgan fingerprint density at radius 3 is 2.61 bits per heavy atom. The third-order valence-corrected chi connectivity index (χ3v) is 5.17. The topological polar surface area (TPSA) is 67.9 Å². The van der Waals surface area contributed by atoms with E-state index in [-0.39, 0.29) is 24.3 Å². The van der Waals surface area contributed by atoms with E-state index in [1.54, 1.807) is 29.2 Å².